The predicted molar refractivity (Wildman–Crippen MR) is 102 cm³/mol. The summed E-state index contributed by atoms with van der Waals surface area (Å²) in [7, 11) is 0. The summed E-state index contributed by atoms with van der Waals surface area (Å²) in [6.45, 7) is 0.660. The van der Waals surface area contributed by atoms with Gasteiger partial charge in [0.15, 0.2) is 0 Å². The monoisotopic (exact) mass is 369 g/mol. The molecular formula is C20H17ClFN3O. The molecule has 3 rings (SSSR count). The number of carbonyl (C=O) groups is 1. The number of halogens is 2. The van der Waals surface area contributed by atoms with Gasteiger partial charge in [0.05, 0.1) is 5.69 Å². The lowest BCUT2D eigenvalue weighted by molar-refractivity contribution is 0.102. The molecule has 0 bridgehead atoms. The third-order valence-corrected chi connectivity index (χ3v) is 4.03. The van der Waals surface area contributed by atoms with Gasteiger partial charge in [0.25, 0.3) is 5.91 Å². The van der Waals surface area contributed by atoms with Crippen molar-refractivity contribution in [1.82, 2.24) is 4.98 Å². The fraction of sp³-hybridized carbons (Fsp3) is 0.100. The minimum Gasteiger partial charge on any atom is -0.370 e. The minimum absolute atomic E-state index is 0.145. The number of amides is 1. The average Bonchev–Trinajstić information content (AvgIpc) is 2.65. The van der Waals surface area contributed by atoms with Crippen molar-refractivity contribution >= 4 is 29.0 Å². The van der Waals surface area contributed by atoms with Gasteiger partial charge in [-0.25, -0.2) is 9.37 Å². The zero-order valence-electron chi connectivity index (χ0n) is 13.9. The van der Waals surface area contributed by atoms with E-state index >= 15 is 0 Å². The largest absolute Gasteiger partial charge is 0.370 e. The fourth-order valence-corrected chi connectivity index (χ4v) is 2.54. The van der Waals surface area contributed by atoms with E-state index in [1.54, 1.807) is 30.5 Å². The van der Waals surface area contributed by atoms with Gasteiger partial charge in [-0.05, 0) is 48.4 Å². The first-order valence-corrected chi connectivity index (χ1v) is 8.50. The summed E-state index contributed by atoms with van der Waals surface area (Å²) in [5, 5.41) is 6.44. The third-order valence-electron chi connectivity index (χ3n) is 3.78. The van der Waals surface area contributed by atoms with Crippen molar-refractivity contribution in [2.24, 2.45) is 0 Å². The van der Waals surface area contributed by atoms with Crippen LogP contribution in [0.5, 0.6) is 0 Å². The van der Waals surface area contributed by atoms with Crippen LogP contribution in [-0.2, 0) is 6.42 Å². The van der Waals surface area contributed by atoms with Gasteiger partial charge < -0.3 is 10.6 Å². The van der Waals surface area contributed by atoms with E-state index < -0.39 is 11.7 Å². The molecule has 26 heavy (non-hydrogen) atoms. The Hall–Kier alpha value is -2.92. The predicted octanol–water partition coefficient (Wildman–Crippen LogP) is 4.78. The molecule has 0 saturated heterocycles. The second-order valence-electron chi connectivity index (χ2n) is 5.67. The molecule has 0 spiro atoms. The van der Waals surface area contributed by atoms with E-state index in [0.29, 0.717) is 22.9 Å². The summed E-state index contributed by atoms with van der Waals surface area (Å²) in [6, 6.07) is 16.9. The molecule has 1 heterocycles. The molecule has 1 aromatic heterocycles. The summed E-state index contributed by atoms with van der Waals surface area (Å²) in [5.74, 6) is -0.283. The highest BCUT2D eigenvalue weighted by atomic mass is 35.5. The molecule has 6 heteroatoms. The maximum absolute atomic E-state index is 13.6. The number of rotatable bonds is 6. The van der Waals surface area contributed by atoms with Gasteiger partial charge >= 0.3 is 0 Å². The topological polar surface area (TPSA) is 54.0 Å². The highest BCUT2D eigenvalue weighted by Crippen LogP contribution is 2.15. The van der Waals surface area contributed by atoms with Gasteiger partial charge in [0.2, 0.25) is 0 Å². The van der Waals surface area contributed by atoms with Gasteiger partial charge in [-0.1, -0.05) is 35.9 Å². The van der Waals surface area contributed by atoms with Crippen molar-refractivity contribution in [1.29, 1.82) is 0 Å². The molecule has 2 aromatic carbocycles. The lowest BCUT2D eigenvalue weighted by atomic mass is 10.1. The molecular weight excluding hydrogens is 353 g/mol. The molecule has 3 aromatic rings. The number of nitrogens with zero attached hydrogens (tertiary/aromatic N) is 1. The van der Waals surface area contributed by atoms with Crippen molar-refractivity contribution in [2.75, 3.05) is 17.2 Å². The molecule has 132 valence electrons. The summed E-state index contributed by atoms with van der Waals surface area (Å²) >= 11 is 5.87. The van der Waals surface area contributed by atoms with Crippen LogP contribution >= 0.6 is 11.6 Å². The van der Waals surface area contributed by atoms with Crippen LogP contribution in [-0.4, -0.2) is 17.4 Å². The first kappa shape index (κ1) is 17.9. The Morgan fingerprint density at radius 2 is 1.85 bits per heavy atom. The van der Waals surface area contributed by atoms with Crippen LogP contribution in [0.3, 0.4) is 0 Å². The Labute approximate surface area is 156 Å². The van der Waals surface area contributed by atoms with E-state index in [9.17, 15) is 9.18 Å². The van der Waals surface area contributed by atoms with Crippen molar-refractivity contribution in [2.45, 2.75) is 6.42 Å². The molecule has 0 radical (unpaired) electrons. The second-order valence-corrected chi connectivity index (χ2v) is 6.10. The maximum atomic E-state index is 13.6. The second kappa shape index (κ2) is 8.45. The minimum atomic E-state index is -0.476. The van der Waals surface area contributed by atoms with Gasteiger partial charge in [-0.3, -0.25) is 4.79 Å². The molecule has 0 saturated carbocycles. The summed E-state index contributed by atoms with van der Waals surface area (Å²) in [5.41, 5.74) is 1.69. The number of benzene rings is 2. The van der Waals surface area contributed by atoms with E-state index in [1.165, 1.54) is 12.1 Å². The Balaban J connectivity index is 1.59. The zero-order chi connectivity index (χ0) is 18.4. The Morgan fingerprint density at radius 3 is 2.62 bits per heavy atom. The van der Waals surface area contributed by atoms with Crippen LogP contribution < -0.4 is 10.6 Å². The number of hydrogen-bond acceptors (Lipinski definition) is 3. The van der Waals surface area contributed by atoms with Crippen LogP contribution in [0.1, 0.15) is 15.9 Å². The van der Waals surface area contributed by atoms with Gasteiger partial charge in [-0.2, -0.15) is 0 Å². The summed E-state index contributed by atoms with van der Waals surface area (Å²) in [6.07, 6.45) is 2.34. The van der Waals surface area contributed by atoms with E-state index in [2.05, 4.69) is 15.6 Å². The average molecular weight is 370 g/mol. The smallest absolute Gasteiger partial charge is 0.255 e. The molecule has 2 N–H and O–H groups in total. The number of hydrogen-bond donors (Lipinski definition) is 2. The lowest BCUT2D eigenvalue weighted by Gasteiger charge is -2.09. The Bertz CT molecular complexity index is 900. The van der Waals surface area contributed by atoms with E-state index in [-0.39, 0.29) is 5.69 Å². The van der Waals surface area contributed by atoms with Crippen molar-refractivity contribution in [3.8, 4) is 0 Å². The normalized spacial score (nSPS) is 10.4. The van der Waals surface area contributed by atoms with Gasteiger partial charge in [-0.15, -0.1) is 0 Å². The maximum Gasteiger partial charge on any atom is 0.255 e. The first-order valence-electron chi connectivity index (χ1n) is 8.12. The molecule has 0 unspecified atom stereocenters. The molecule has 0 aliphatic carbocycles. The Kier molecular flexibility index (Phi) is 5.81. The first-order chi connectivity index (χ1) is 12.6. The van der Waals surface area contributed by atoms with Crippen molar-refractivity contribution in [3.05, 3.63) is 88.8 Å². The molecule has 0 atom stereocenters. The number of pyridine rings is 1. The van der Waals surface area contributed by atoms with Crippen molar-refractivity contribution < 1.29 is 9.18 Å². The zero-order valence-corrected chi connectivity index (χ0v) is 14.6. The number of anilines is 2. The van der Waals surface area contributed by atoms with Crippen LogP contribution in [0, 0.1) is 5.82 Å². The van der Waals surface area contributed by atoms with Crippen LogP contribution in [0.25, 0.3) is 0 Å². The van der Waals surface area contributed by atoms with Crippen molar-refractivity contribution in [3.63, 3.8) is 0 Å². The number of para-hydroxylation sites is 1. The molecule has 1 amide bonds. The molecule has 0 aliphatic heterocycles. The molecule has 4 nitrogen and oxygen atoms in total. The van der Waals surface area contributed by atoms with E-state index in [4.69, 9.17) is 11.6 Å². The number of aromatic nitrogens is 1. The molecule has 0 fully saturated rings. The highest BCUT2D eigenvalue weighted by Gasteiger charge is 2.10. The number of nitrogens with one attached hydrogen (secondary N) is 2. The van der Waals surface area contributed by atoms with Crippen LogP contribution in [0.2, 0.25) is 5.02 Å². The van der Waals surface area contributed by atoms with Gasteiger partial charge in [0.1, 0.15) is 11.6 Å². The fourth-order valence-electron chi connectivity index (χ4n) is 2.41. The third kappa shape index (κ3) is 4.80. The van der Waals surface area contributed by atoms with E-state index in [1.807, 2.05) is 24.3 Å². The van der Waals surface area contributed by atoms with Crippen LogP contribution in [0.4, 0.5) is 15.9 Å². The number of carbonyl (C=O) groups excluding carboxylic acids is 1. The van der Waals surface area contributed by atoms with Crippen LogP contribution in [0.15, 0.2) is 66.9 Å². The van der Waals surface area contributed by atoms with E-state index in [0.717, 1.165) is 12.0 Å². The quantitative estimate of drug-likeness (QED) is 0.657. The standard InChI is InChI=1S/C20H17ClFN3O/c21-16-7-5-14(6-8-16)9-11-23-19-13-15(10-12-24-19)20(26)25-18-4-2-1-3-17(18)22/h1-8,10,12-13H,9,11H2,(H,23,24)(H,25,26). The summed E-state index contributed by atoms with van der Waals surface area (Å²) in [4.78, 5) is 16.5. The summed E-state index contributed by atoms with van der Waals surface area (Å²) < 4.78 is 13.6. The lowest BCUT2D eigenvalue weighted by Crippen LogP contribution is -2.14. The SMILES string of the molecule is O=C(Nc1ccccc1F)c1ccnc(NCCc2ccc(Cl)cc2)c1. The van der Waals surface area contributed by atoms with Gasteiger partial charge in [0, 0.05) is 23.3 Å². The highest BCUT2D eigenvalue weighted by molar-refractivity contribution is 6.30. The molecule has 0 aliphatic rings. The Morgan fingerprint density at radius 1 is 1.08 bits per heavy atom.